The van der Waals surface area contributed by atoms with Crippen molar-refractivity contribution in [1.82, 2.24) is 5.32 Å². The predicted molar refractivity (Wildman–Crippen MR) is 69.8 cm³/mol. The highest BCUT2D eigenvalue weighted by atomic mass is 79.9. The van der Waals surface area contributed by atoms with Gasteiger partial charge in [0.05, 0.1) is 8.66 Å². The van der Waals surface area contributed by atoms with Crippen LogP contribution in [0, 0.1) is 0 Å². The van der Waals surface area contributed by atoms with Gasteiger partial charge in [0.2, 0.25) is 0 Å². The highest BCUT2D eigenvalue weighted by Gasteiger charge is 2.26. The SMILES string of the molecule is O=C(NC1CCCC1Br)c1ccc(Br)s1. The first kappa shape index (κ1) is 11.6. The molecular formula is C10H11Br2NOS. The fraction of sp³-hybridized carbons (Fsp3) is 0.500. The maximum absolute atomic E-state index is 11.8. The van der Waals surface area contributed by atoms with Crippen molar-refractivity contribution < 1.29 is 4.79 Å². The summed E-state index contributed by atoms with van der Waals surface area (Å²) in [5.74, 6) is 0.0436. The average Bonchev–Trinajstić information content (AvgIpc) is 2.77. The van der Waals surface area contributed by atoms with Gasteiger partial charge in [0.1, 0.15) is 0 Å². The number of halogens is 2. The molecule has 15 heavy (non-hydrogen) atoms. The lowest BCUT2D eigenvalue weighted by atomic mass is 10.2. The van der Waals surface area contributed by atoms with Crippen LogP contribution in [0.5, 0.6) is 0 Å². The van der Waals surface area contributed by atoms with Crippen LogP contribution >= 0.6 is 43.2 Å². The van der Waals surface area contributed by atoms with Crippen molar-refractivity contribution in [3.63, 3.8) is 0 Å². The van der Waals surface area contributed by atoms with Gasteiger partial charge in [-0.25, -0.2) is 0 Å². The van der Waals surface area contributed by atoms with E-state index in [4.69, 9.17) is 0 Å². The fourth-order valence-electron chi connectivity index (χ4n) is 1.75. The zero-order valence-corrected chi connectivity index (χ0v) is 12.0. The van der Waals surface area contributed by atoms with Crippen LogP contribution in [0.15, 0.2) is 15.9 Å². The van der Waals surface area contributed by atoms with Crippen molar-refractivity contribution >= 4 is 49.1 Å². The van der Waals surface area contributed by atoms with Crippen molar-refractivity contribution in [2.75, 3.05) is 0 Å². The lowest BCUT2D eigenvalue weighted by Crippen LogP contribution is -2.37. The number of hydrogen-bond acceptors (Lipinski definition) is 2. The molecule has 0 aromatic carbocycles. The number of hydrogen-bond donors (Lipinski definition) is 1. The van der Waals surface area contributed by atoms with Crippen LogP contribution in [0.25, 0.3) is 0 Å². The van der Waals surface area contributed by atoms with Crippen LogP contribution in [0.2, 0.25) is 0 Å². The molecule has 1 amide bonds. The molecule has 1 aromatic heterocycles. The van der Waals surface area contributed by atoms with E-state index in [-0.39, 0.29) is 5.91 Å². The quantitative estimate of drug-likeness (QED) is 0.810. The number of rotatable bonds is 2. The van der Waals surface area contributed by atoms with Crippen LogP contribution < -0.4 is 5.32 Å². The molecule has 0 saturated heterocycles. The van der Waals surface area contributed by atoms with Gasteiger partial charge < -0.3 is 5.32 Å². The molecule has 2 nitrogen and oxygen atoms in total. The maximum Gasteiger partial charge on any atom is 0.261 e. The standard InChI is InChI=1S/C10H11Br2NOS/c11-6-2-1-3-7(6)13-10(14)8-4-5-9(12)15-8/h4-7H,1-3H2,(H,13,14). The fourth-order valence-corrected chi connectivity index (χ4v) is 3.76. The summed E-state index contributed by atoms with van der Waals surface area (Å²) in [4.78, 5) is 13.0. The van der Waals surface area contributed by atoms with Crippen LogP contribution in [0.4, 0.5) is 0 Å². The highest BCUT2D eigenvalue weighted by Crippen LogP contribution is 2.27. The molecule has 0 radical (unpaired) electrons. The summed E-state index contributed by atoms with van der Waals surface area (Å²) in [5.41, 5.74) is 0. The molecule has 1 aliphatic rings. The molecule has 2 atom stereocenters. The van der Waals surface area contributed by atoms with Crippen LogP contribution in [0.3, 0.4) is 0 Å². The first-order valence-corrected chi connectivity index (χ1v) is 7.39. The molecule has 82 valence electrons. The van der Waals surface area contributed by atoms with Crippen LogP contribution in [-0.2, 0) is 0 Å². The summed E-state index contributed by atoms with van der Waals surface area (Å²) in [6.45, 7) is 0. The Hall–Kier alpha value is 0.130. The summed E-state index contributed by atoms with van der Waals surface area (Å²) in [6.07, 6.45) is 3.42. The van der Waals surface area contributed by atoms with Gasteiger partial charge >= 0.3 is 0 Å². The zero-order valence-electron chi connectivity index (χ0n) is 8.00. The molecule has 1 heterocycles. The Morgan fingerprint density at radius 2 is 2.27 bits per heavy atom. The van der Waals surface area contributed by atoms with E-state index in [2.05, 4.69) is 37.2 Å². The van der Waals surface area contributed by atoms with E-state index < -0.39 is 0 Å². The molecule has 1 fully saturated rings. The number of carbonyl (C=O) groups excluding carboxylic acids is 1. The summed E-state index contributed by atoms with van der Waals surface area (Å²) in [5, 5.41) is 3.06. The van der Waals surface area contributed by atoms with E-state index in [9.17, 15) is 4.79 Å². The Morgan fingerprint density at radius 3 is 2.80 bits per heavy atom. The van der Waals surface area contributed by atoms with E-state index in [0.29, 0.717) is 10.9 Å². The van der Waals surface area contributed by atoms with Crippen molar-refractivity contribution in [2.45, 2.75) is 30.1 Å². The summed E-state index contributed by atoms with van der Waals surface area (Å²) in [6, 6.07) is 4.04. The van der Waals surface area contributed by atoms with E-state index >= 15 is 0 Å². The largest absolute Gasteiger partial charge is 0.347 e. The Labute approximate surface area is 110 Å². The minimum absolute atomic E-state index is 0.0436. The summed E-state index contributed by atoms with van der Waals surface area (Å²) < 4.78 is 0.995. The zero-order chi connectivity index (χ0) is 10.8. The molecule has 0 spiro atoms. The second-order valence-electron chi connectivity index (χ2n) is 3.63. The van der Waals surface area contributed by atoms with Gasteiger partial charge in [-0.15, -0.1) is 11.3 Å². The second-order valence-corrected chi connectivity index (χ2v) is 7.27. The van der Waals surface area contributed by atoms with Gasteiger partial charge in [0.15, 0.2) is 0 Å². The van der Waals surface area contributed by atoms with E-state index in [1.807, 2.05) is 12.1 Å². The Kier molecular flexibility index (Phi) is 3.85. The monoisotopic (exact) mass is 351 g/mol. The average molecular weight is 353 g/mol. The molecule has 0 aliphatic heterocycles. The second kappa shape index (κ2) is 4.97. The van der Waals surface area contributed by atoms with Crippen molar-refractivity contribution in [2.24, 2.45) is 0 Å². The Morgan fingerprint density at radius 1 is 1.47 bits per heavy atom. The molecule has 1 aliphatic carbocycles. The van der Waals surface area contributed by atoms with Crippen molar-refractivity contribution in [3.05, 3.63) is 20.8 Å². The number of carbonyl (C=O) groups is 1. The van der Waals surface area contributed by atoms with Crippen LogP contribution in [0.1, 0.15) is 28.9 Å². The van der Waals surface area contributed by atoms with Crippen LogP contribution in [-0.4, -0.2) is 16.8 Å². The van der Waals surface area contributed by atoms with Gasteiger partial charge in [-0.05, 0) is 40.9 Å². The molecule has 5 heteroatoms. The molecule has 2 unspecified atom stereocenters. The Balaban J connectivity index is 1.97. The van der Waals surface area contributed by atoms with Gasteiger partial charge in [-0.1, -0.05) is 22.4 Å². The smallest absolute Gasteiger partial charge is 0.261 e. The van der Waals surface area contributed by atoms with Gasteiger partial charge in [0, 0.05) is 10.9 Å². The molecular weight excluding hydrogens is 342 g/mol. The van der Waals surface area contributed by atoms with Crippen molar-refractivity contribution in [1.29, 1.82) is 0 Å². The third-order valence-electron chi connectivity index (χ3n) is 2.55. The summed E-state index contributed by atoms with van der Waals surface area (Å²) in [7, 11) is 0. The van der Waals surface area contributed by atoms with Gasteiger partial charge in [-0.3, -0.25) is 4.79 Å². The lowest BCUT2D eigenvalue weighted by molar-refractivity contribution is 0.0943. The first-order valence-electron chi connectivity index (χ1n) is 4.87. The number of amides is 1. The van der Waals surface area contributed by atoms with E-state index in [1.165, 1.54) is 17.8 Å². The van der Waals surface area contributed by atoms with Gasteiger partial charge in [0.25, 0.3) is 5.91 Å². The van der Waals surface area contributed by atoms with Crippen molar-refractivity contribution in [3.8, 4) is 0 Å². The molecule has 1 N–H and O–H groups in total. The topological polar surface area (TPSA) is 29.1 Å². The number of thiophene rings is 1. The lowest BCUT2D eigenvalue weighted by Gasteiger charge is -2.15. The maximum atomic E-state index is 11.8. The minimum atomic E-state index is 0.0436. The third-order valence-corrected chi connectivity index (χ3v) is 5.26. The van der Waals surface area contributed by atoms with E-state index in [1.54, 1.807) is 0 Å². The summed E-state index contributed by atoms with van der Waals surface area (Å²) >= 11 is 8.41. The predicted octanol–water partition coefficient (Wildman–Crippen LogP) is 3.56. The molecule has 1 aromatic rings. The molecule has 1 saturated carbocycles. The third kappa shape index (κ3) is 2.82. The first-order chi connectivity index (χ1) is 7.16. The number of alkyl halides is 1. The van der Waals surface area contributed by atoms with Gasteiger partial charge in [-0.2, -0.15) is 0 Å². The molecule has 0 bridgehead atoms. The minimum Gasteiger partial charge on any atom is -0.347 e. The molecule has 2 rings (SSSR count). The normalized spacial score (nSPS) is 25.5. The number of nitrogens with one attached hydrogen (secondary N) is 1. The highest BCUT2D eigenvalue weighted by molar-refractivity contribution is 9.11. The van der Waals surface area contributed by atoms with E-state index in [0.717, 1.165) is 21.5 Å². The Bertz CT molecular complexity index is 366.